The van der Waals surface area contributed by atoms with Gasteiger partial charge in [-0.3, -0.25) is 9.59 Å². The minimum atomic E-state index is -0.278. The molecule has 0 aromatic heterocycles. The van der Waals surface area contributed by atoms with Crippen molar-refractivity contribution in [3.05, 3.63) is 0 Å². The highest BCUT2D eigenvalue weighted by Gasteiger charge is 2.22. The Bertz CT molecular complexity index is 227. The molecule has 0 radical (unpaired) electrons. The van der Waals surface area contributed by atoms with E-state index in [1.807, 2.05) is 0 Å². The first kappa shape index (κ1) is 12.0. The first-order valence-corrected chi connectivity index (χ1v) is 5.38. The van der Waals surface area contributed by atoms with E-state index in [1.54, 1.807) is 6.92 Å². The summed E-state index contributed by atoms with van der Waals surface area (Å²) < 4.78 is 4.72. The number of hydrogen-bond acceptors (Lipinski definition) is 4. The molecule has 0 unspecified atom stereocenters. The number of hydrogen-bond donors (Lipinski definition) is 2. The van der Waals surface area contributed by atoms with Gasteiger partial charge in [-0.05, 0) is 19.8 Å². The van der Waals surface area contributed by atoms with Crippen LogP contribution >= 0.6 is 0 Å². The van der Waals surface area contributed by atoms with Crippen LogP contribution in [0.5, 0.6) is 0 Å². The fourth-order valence-electron chi connectivity index (χ4n) is 1.13. The van der Waals surface area contributed by atoms with Crippen molar-refractivity contribution in [3.63, 3.8) is 0 Å². The second kappa shape index (κ2) is 6.40. The van der Waals surface area contributed by atoms with Gasteiger partial charge >= 0.3 is 5.97 Å². The van der Waals surface area contributed by atoms with E-state index in [1.165, 1.54) is 0 Å². The second-order valence-corrected chi connectivity index (χ2v) is 3.57. The largest absolute Gasteiger partial charge is 0.465 e. The van der Waals surface area contributed by atoms with Crippen molar-refractivity contribution in [2.45, 2.75) is 32.2 Å². The lowest BCUT2D eigenvalue weighted by atomic mass is 10.4. The molecule has 1 rings (SSSR count). The molecule has 0 aromatic rings. The molecule has 2 N–H and O–H groups in total. The fourth-order valence-corrected chi connectivity index (χ4v) is 1.13. The zero-order valence-corrected chi connectivity index (χ0v) is 9.04. The molecular formula is C10H18N2O3. The molecule has 1 fully saturated rings. The summed E-state index contributed by atoms with van der Waals surface area (Å²) >= 11 is 0. The summed E-state index contributed by atoms with van der Waals surface area (Å²) in [5.74, 6) is -0.228. The molecule has 1 saturated carbocycles. The van der Waals surface area contributed by atoms with E-state index in [0.717, 1.165) is 12.8 Å². The highest BCUT2D eigenvalue weighted by molar-refractivity contribution is 5.77. The Labute approximate surface area is 89.6 Å². The molecule has 0 bridgehead atoms. The van der Waals surface area contributed by atoms with Crippen molar-refractivity contribution in [1.82, 2.24) is 10.6 Å². The lowest BCUT2D eigenvalue weighted by molar-refractivity contribution is -0.142. The Hall–Kier alpha value is -1.10. The second-order valence-electron chi connectivity index (χ2n) is 3.57. The van der Waals surface area contributed by atoms with Gasteiger partial charge < -0.3 is 15.4 Å². The number of amides is 1. The lowest BCUT2D eigenvalue weighted by Gasteiger charge is -2.05. The number of nitrogens with one attached hydrogen (secondary N) is 2. The van der Waals surface area contributed by atoms with Gasteiger partial charge in [-0.25, -0.2) is 0 Å². The molecule has 0 atom stereocenters. The molecule has 0 heterocycles. The Morgan fingerprint density at radius 1 is 1.40 bits per heavy atom. The van der Waals surface area contributed by atoms with E-state index in [-0.39, 0.29) is 18.4 Å². The van der Waals surface area contributed by atoms with Crippen LogP contribution in [0.15, 0.2) is 0 Å². The fraction of sp³-hybridized carbons (Fsp3) is 0.800. The molecule has 86 valence electrons. The van der Waals surface area contributed by atoms with Crippen LogP contribution in [0, 0.1) is 0 Å². The molecule has 0 aliphatic heterocycles. The zero-order valence-electron chi connectivity index (χ0n) is 9.04. The Balaban J connectivity index is 1.91. The number of ether oxygens (including phenoxy) is 1. The molecule has 5 heteroatoms. The highest BCUT2D eigenvalue weighted by atomic mass is 16.5. The topological polar surface area (TPSA) is 67.4 Å². The maximum atomic E-state index is 11.2. The molecule has 1 amide bonds. The van der Waals surface area contributed by atoms with Crippen LogP contribution in [0.25, 0.3) is 0 Å². The van der Waals surface area contributed by atoms with Gasteiger partial charge in [-0.2, -0.15) is 0 Å². The maximum Gasteiger partial charge on any atom is 0.319 e. The van der Waals surface area contributed by atoms with E-state index in [9.17, 15) is 9.59 Å². The molecule has 15 heavy (non-hydrogen) atoms. The highest BCUT2D eigenvalue weighted by Crippen LogP contribution is 2.18. The van der Waals surface area contributed by atoms with E-state index in [2.05, 4.69) is 10.6 Å². The third kappa shape index (κ3) is 6.06. The third-order valence-electron chi connectivity index (χ3n) is 2.05. The van der Waals surface area contributed by atoms with E-state index >= 15 is 0 Å². The van der Waals surface area contributed by atoms with Crippen LogP contribution in [0.4, 0.5) is 0 Å². The molecular weight excluding hydrogens is 196 g/mol. The summed E-state index contributed by atoms with van der Waals surface area (Å²) in [6.07, 6.45) is 2.61. The molecule has 0 spiro atoms. The van der Waals surface area contributed by atoms with Crippen LogP contribution in [0.1, 0.15) is 26.2 Å². The number of carbonyl (C=O) groups is 2. The van der Waals surface area contributed by atoms with Crippen LogP contribution in [0.3, 0.4) is 0 Å². The van der Waals surface area contributed by atoms with E-state index < -0.39 is 0 Å². The van der Waals surface area contributed by atoms with Crippen molar-refractivity contribution in [2.75, 3.05) is 19.7 Å². The van der Waals surface area contributed by atoms with Crippen LogP contribution in [-0.4, -0.2) is 37.6 Å². The molecule has 1 aliphatic rings. The SMILES string of the molecule is CCOC(=O)CNCCC(=O)NC1CC1. The molecule has 0 aromatic carbocycles. The minimum Gasteiger partial charge on any atom is -0.465 e. The summed E-state index contributed by atoms with van der Waals surface area (Å²) in [7, 11) is 0. The summed E-state index contributed by atoms with van der Waals surface area (Å²) in [5, 5.41) is 5.73. The van der Waals surface area contributed by atoms with E-state index in [0.29, 0.717) is 25.6 Å². The smallest absolute Gasteiger partial charge is 0.319 e. The summed E-state index contributed by atoms with van der Waals surface area (Å²) in [6.45, 7) is 2.84. The third-order valence-corrected chi connectivity index (χ3v) is 2.05. The summed E-state index contributed by atoms with van der Waals surface area (Å²) in [6, 6.07) is 0.405. The monoisotopic (exact) mass is 214 g/mol. The Kier molecular flexibility index (Phi) is 5.10. The summed E-state index contributed by atoms with van der Waals surface area (Å²) in [4.78, 5) is 22.1. The van der Waals surface area contributed by atoms with Gasteiger partial charge in [0.05, 0.1) is 13.2 Å². The van der Waals surface area contributed by atoms with Crippen molar-refractivity contribution >= 4 is 11.9 Å². The average molecular weight is 214 g/mol. The molecule has 1 aliphatic carbocycles. The van der Waals surface area contributed by atoms with E-state index in [4.69, 9.17) is 4.74 Å². The van der Waals surface area contributed by atoms with Gasteiger partial charge in [0.15, 0.2) is 0 Å². The van der Waals surface area contributed by atoms with Crippen molar-refractivity contribution in [3.8, 4) is 0 Å². The minimum absolute atomic E-state index is 0.0499. The van der Waals surface area contributed by atoms with Gasteiger partial charge in [-0.15, -0.1) is 0 Å². The Morgan fingerprint density at radius 3 is 2.73 bits per heavy atom. The van der Waals surface area contributed by atoms with Gasteiger partial charge in [-0.1, -0.05) is 0 Å². The van der Waals surface area contributed by atoms with Crippen molar-refractivity contribution in [1.29, 1.82) is 0 Å². The van der Waals surface area contributed by atoms with Gasteiger partial charge in [0, 0.05) is 19.0 Å². The predicted octanol–water partition coefficient (Wildman–Crippen LogP) is -0.192. The van der Waals surface area contributed by atoms with Gasteiger partial charge in [0.1, 0.15) is 0 Å². The lowest BCUT2D eigenvalue weighted by Crippen LogP contribution is -2.31. The van der Waals surface area contributed by atoms with Crippen molar-refractivity contribution < 1.29 is 14.3 Å². The van der Waals surface area contributed by atoms with Crippen LogP contribution < -0.4 is 10.6 Å². The quantitative estimate of drug-likeness (QED) is 0.455. The average Bonchev–Trinajstić information content (AvgIpc) is 2.97. The number of esters is 1. The standard InChI is InChI=1S/C10H18N2O3/c1-2-15-10(14)7-11-6-5-9(13)12-8-3-4-8/h8,11H,2-7H2,1H3,(H,12,13). The number of rotatable bonds is 7. The van der Waals surface area contributed by atoms with Crippen molar-refractivity contribution in [2.24, 2.45) is 0 Å². The molecule has 0 saturated heterocycles. The van der Waals surface area contributed by atoms with Gasteiger partial charge in [0.25, 0.3) is 0 Å². The van der Waals surface area contributed by atoms with Gasteiger partial charge in [0.2, 0.25) is 5.91 Å². The molecule has 5 nitrogen and oxygen atoms in total. The maximum absolute atomic E-state index is 11.2. The van der Waals surface area contributed by atoms with Crippen LogP contribution in [0.2, 0.25) is 0 Å². The predicted molar refractivity (Wildman–Crippen MR) is 55.3 cm³/mol. The first-order chi connectivity index (χ1) is 7.22. The summed E-state index contributed by atoms with van der Waals surface area (Å²) in [5.41, 5.74) is 0. The zero-order chi connectivity index (χ0) is 11.1. The van der Waals surface area contributed by atoms with Crippen LogP contribution in [-0.2, 0) is 14.3 Å². The first-order valence-electron chi connectivity index (χ1n) is 5.38. The normalized spacial score (nSPS) is 14.7. The number of carbonyl (C=O) groups excluding carboxylic acids is 2. The Morgan fingerprint density at radius 2 is 2.13 bits per heavy atom.